The summed E-state index contributed by atoms with van der Waals surface area (Å²) in [5.41, 5.74) is 1.16. The highest BCUT2D eigenvalue weighted by atomic mass is 16.5. The Morgan fingerprint density at radius 1 is 1.69 bits per heavy atom. The van der Waals surface area contributed by atoms with Gasteiger partial charge >= 0.3 is 5.97 Å². The van der Waals surface area contributed by atoms with Gasteiger partial charge in [0.05, 0.1) is 13.7 Å². The van der Waals surface area contributed by atoms with Gasteiger partial charge in [0.2, 0.25) is 0 Å². The number of hydrogen-bond acceptors (Lipinski definition) is 3. The van der Waals surface area contributed by atoms with Gasteiger partial charge in [-0.05, 0) is 18.7 Å². The fraction of sp³-hybridized carbons (Fsp3) is 0.444. The summed E-state index contributed by atoms with van der Waals surface area (Å²) in [5, 5.41) is 0. The van der Waals surface area contributed by atoms with Gasteiger partial charge in [-0.3, -0.25) is 9.69 Å². The Morgan fingerprint density at radius 3 is 3.00 bits per heavy atom. The van der Waals surface area contributed by atoms with Crippen LogP contribution in [0.3, 0.4) is 0 Å². The summed E-state index contributed by atoms with van der Waals surface area (Å²) in [6.45, 7) is 1.07. The lowest BCUT2D eigenvalue weighted by molar-refractivity contribution is -0.141. The van der Waals surface area contributed by atoms with E-state index in [1.54, 1.807) is 0 Å². The summed E-state index contributed by atoms with van der Waals surface area (Å²) in [5.74, 6) is -0.210. The van der Waals surface area contributed by atoms with Gasteiger partial charge in [-0.25, -0.2) is 0 Å². The second-order valence-electron chi connectivity index (χ2n) is 2.97. The first-order valence-corrected chi connectivity index (χ1v) is 4.09. The predicted octanol–water partition coefficient (Wildman–Crippen LogP) is 0.619. The van der Waals surface area contributed by atoms with Crippen molar-refractivity contribution in [3.63, 3.8) is 0 Å². The number of rotatable bonds is 4. The molecule has 0 radical (unpaired) electrons. The van der Waals surface area contributed by atoms with Crippen LogP contribution in [0.5, 0.6) is 0 Å². The molecule has 0 aliphatic carbocycles. The molecule has 13 heavy (non-hydrogen) atoms. The van der Waals surface area contributed by atoms with Crippen LogP contribution in [-0.4, -0.2) is 36.6 Å². The quantitative estimate of drug-likeness (QED) is 0.694. The number of likely N-dealkylation sites (N-methyl/N-ethyl adjacent to an activating group) is 1. The Bertz CT molecular complexity index is 257. The lowest BCUT2D eigenvalue weighted by Gasteiger charge is -2.13. The molecule has 0 amide bonds. The van der Waals surface area contributed by atoms with Crippen LogP contribution in [0.15, 0.2) is 18.5 Å². The Hall–Kier alpha value is -1.29. The van der Waals surface area contributed by atoms with Crippen molar-refractivity contribution in [3.05, 3.63) is 24.0 Å². The number of esters is 1. The number of hydrogen-bond donors (Lipinski definition) is 1. The summed E-state index contributed by atoms with van der Waals surface area (Å²) in [4.78, 5) is 15.7. The Balaban J connectivity index is 2.33. The van der Waals surface area contributed by atoms with E-state index in [1.165, 1.54) is 7.11 Å². The van der Waals surface area contributed by atoms with E-state index >= 15 is 0 Å². The molecular formula is C9H14N2O2. The van der Waals surface area contributed by atoms with Crippen molar-refractivity contribution < 1.29 is 9.53 Å². The molecule has 1 heterocycles. The molecule has 72 valence electrons. The van der Waals surface area contributed by atoms with Gasteiger partial charge in [-0.1, -0.05) is 0 Å². The molecule has 1 rings (SSSR count). The molecule has 0 fully saturated rings. The fourth-order valence-corrected chi connectivity index (χ4v) is 1.11. The van der Waals surface area contributed by atoms with E-state index in [-0.39, 0.29) is 5.97 Å². The van der Waals surface area contributed by atoms with Crippen LogP contribution in [0.1, 0.15) is 5.56 Å². The minimum atomic E-state index is -0.210. The third kappa shape index (κ3) is 3.29. The van der Waals surface area contributed by atoms with Crippen molar-refractivity contribution in [2.45, 2.75) is 6.54 Å². The lowest BCUT2D eigenvalue weighted by Crippen LogP contribution is -2.26. The highest BCUT2D eigenvalue weighted by Crippen LogP contribution is 2.00. The Kier molecular flexibility index (Phi) is 3.52. The number of nitrogens with zero attached hydrogens (tertiary/aromatic N) is 1. The normalized spacial score (nSPS) is 10.4. The molecule has 0 spiro atoms. The van der Waals surface area contributed by atoms with E-state index in [2.05, 4.69) is 9.72 Å². The van der Waals surface area contributed by atoms with Gasteiger partial charge in [0.15, 0.2) is 0 Å². The number of carbonyl (C=O) groups is 1. The van der Waals surface area contributed by atoms with Crippen molar-refractivity contribution in [1.29, 1.82) is 0 Å². The van der Waals surface area contributed by atoms with Crippen molar-refractivity contribution in [3.8, 4) is 0 Å². The molecule has 0 unspecified atom stereocenters. The zero-order valence-corrected chi connectivity index (χ0v) is 7.91. The fourth-order valence-electron chi connectivity index (χ4n) is 1.11. The van der Waals surface area contributed by atoms with Gasteiger partial charge in [0.1, 0.15) is 0 Å². The molecular weight excluding hydrogens is 168 g/mol. The maximum absolute atomic E-state index is 10.9. The Morgan fingerprint density at radius 2 is 2.46 bits per heavy atom. The zero-order valence-electron chi connectivity index (χ0n) is 7.91. The molecule has 1 aromatic heterocycles. The van der Waals surface area contributed by atoms with E-state index in [4.69, 9.17) is 0 Å². The average molecular weight is 182 g/mol. The SMILES string of the molecule is COC(=O)CN(C)Cc1cc[nH]c1. The molecule has 0 atom stereocenters. The van der Waals surface area contributed by atoms with Crippen molar-refractivity contribution in [2.24, 2.45) is 0 Å². The third-order valence-electron chi connectivity index (χ3n) is 1.74. The zero-order chi connectivity index (χ0) is 9.68. The topological polar surface area (TPSA) is 45.3 Å². The highest BCUT2D eigenvalue weighted by Gasteiger charge is 2.06. The minimum absolute atomic E-state index is 0.210. The van der Waals surface area contributed by atoms with Crippen LogP contribution < -0.4 is 0 Å². The summed E-state index contributed by atoms with van der Waals surface area (Å²) >= 11 is 0. The predicted molar refractivity (Wildman–Crippen MR) is 49.1 cm³/mol. The molecule has 1 aromatic rings. The van der Waals surface area contributed by atoms with E-state index in [0.29, 0.717) is 6.54 Å². The molecule has 4 heteroatoms. The number of aromatic amines is 1. The summed E-state index contributed by atoms with van der Waals surface area (Å²) in [6, 6.07) is 1.98. The Labute approximate surface area is 77.5 Å². The number of nitrogens with one attached hydrogen (secondary N) is 1. The number of carbonyl (C=O) groups excluding carboxylic acids is 1. The average Bonchev–Trinajstić information content (AvgIpc) is 2.56. The highest BCUT2D eigenvalue weighted by molar-refractivity contribution is 5.71. The molecule has 4 nitrogen and oxygen atoms in total. The molecule has 0 aliphatic heterocycles. The van der Waals surface area contributed by atoms with Crippen molar-refractivity contribution >= 4 is 5.97 Å². The summed E-state index contributed by atoms with van der Waals surface area (Å²) in [6.07, 6.45) is 3.77. The van der Waals surface area contributed by atoms with E-state index in [9.17, 15) is 4.79 Å². The van der Waals surface area contributed by atoms with Crippen molar-refractivity contribution in [2.75, 3.05) is 20.7 Å². The van der Waals surface area contributed by atoms with Crippen LogP contribution >= 0.6 is 0 Å². The maximum atomic E-state index is 10.9. The summed E-state index contributed by atoms with van der Waals surface area (Å²) < 4.78 is 4.55. The molecule has 1 N–H and O–H groups in total. The second-order valence-corrected chi connectivity index (χ2v) is 2.97. The van der Waals surface area contributed by atoms with Gasteiger partial charge < -0.3 is 9.72 Å². The monoisotopic (exact) mass is 182 g/mol. The standard InChI is InChI=1S/C9H14N2O2/c1-11(7-9(12)13-2)6-8-3-4-10-5-8/h3-5,10H,6-7H2,1-2H3. The van der Waals surface area contributed by atoms with E-state index < -0.39 is 0 Å². The van der Waals surface area contributed by atoms with Crippen LogP contribution in [-0.2, 0) is 16.1 Å². The van der Waals surface area contributed by atoms with Gasteiger partial charge in [0, 0.05) is 18.9 Å². The largest absolute Gasteiger partial charge is 0.468 e. The van der Waals surface area contributed by atoms with Gasteiger partial charge in [-0.15, -0.1) is 0 Å². The smallest absolute Gasteiger partial charge is 0.319 e. The first-order chi connectivity index (χ1) is 6.22. The third-order valence-corrected chi connectivity index (χ3v) is 1.74. The number of aromatic nitrogens is 1. The lowest BCUT2D eigenvalue weighted by atomic mass is 10.3. The molecule has 0 saturated carbocycles. The van der Waals surface area contributed by atoms with E-state index in [0.717, 1.165) is 12.1 Å². The number of ether oxygens (including phenoxy) is 1. The molecule has 0 bridgehead atoms. The molecule has 0 aromatic carbocycles. The minimum Gasteiger partial charge on any atom is -0.468 e. The van der Waals surface area contributed by atoms with Crippen LogP contribution in [0.25, 0.3) is 0 Å². The van der Waals surface area contributed by atoms with Gasteiger partial charge in [-0.2, -0.15) is 0 Å². The molecule has 0 aliphatic rings. The van der Waals surface area contributed by atoms with Gasteiger partial charge in [0.25, 0.3) is 0 Å². The number of H-pyrrole nitrogens is 1. The van der Waals surface area contributed by atoms with E-state index in [1.807, 2.05) is 30.4 Å². The first kappa shape index (κ1) is 9.80. The van der Waals surface area contributed by atoms with Crippen LogP contribution in [0, 0.1) is 0 Å². The maximum Gasteiger partial charge on any atom is 0.319 e. The first-order valence-electron chi connectivity index (χ1n) is 4.09. The number of methoxy groups -OCH3 is 1. The summed E-state index contributed by atoms with van der Waals surface area (Å²) in [7, 11) is 3.27. The van der Waals surface area contributed by atoms with Crippen LogP contribution in [0.2, 0.25) is 0 Å². The molecule has 0 saturated heterocycles. The second kappa shape index (κ2) is 4.67. The van der Waals surface area contributed by atoms with Crippen LogP contribution in [0.4, 0.5) is 0 Å². The van der Waals surface area contributed by atoms with Crippen molar-refractivity contribution in [1.82, 2.24) is 9.88 Å².